The second kappa shape index (κ2) is 8.99. The summed E-state index contributed by atoms with van der Waals surface area (Å²) in [6.45, 7) is 1.77. The van der Waals surface area contributed by atoms with Crippen molar-refractivity contribution < 1.29 is 9.53 Å². The minimum atomic E-state index is -0.0742. The van der Waals surface area contributed by atoms with Gasteiger partial charge in [0.15, 0.2) is 0 Å². The SMILES string of the molecule is O=C(Cc1csc(Cc2ccccc2)n1)N1CCOC(c2ccc(Br)cc2)C1. The van der Waals surface area contributed by atoms with Gasteiger partial charge in [-0.15, -0.1) is 11.3 Å². The molecule has 0 spiro atoms. The third-order valence-corrected chi connectivity index (χ3v) is 6.22. The molecule has 1 aromatic heterocycles. The van der Waals surface area contributed by atoms with Crippen LogP contribution in [0.2, 0.25) is 0 Å². The molecular formula is C22H21BrN2O2S. The van der Waals surface area contributed by atoms with Gasteiger partial charge in [-0.3, -0.25) is 4.79 Å². The van der Waals surface area contributed by atoms with E-state index in [1.165, 1.54) is 5.56 Å². The molecule has 0 bridgehead atoms. The van der Waals surface area contributed by atoms with Gasteiger partial charge >= 0.3 is 0 Å². The average molecular weight is 457 g/mol. The first-order valence-corrected chi connectivity index (χ1v) is 11.0. The van der Waals surface area contributed by atoms with Gasteiger partial charge in [0.1, 0.15) is 6.10 Å². The number of amides is 1. The van der Waals surface area contributed by atoms with Crippen LogP contribution >= 0.6 is 27.3 Å². The van der Waals surface area contributed by atoms with E-state index in [-0.39, 0.29) is 12.0 Å². The predicted octanol–water partition coefficient (Wildman–Crippen LogP) is 4.64. The van der Waals surface area contributed by atoms with Crippen LogP contribution in [0.4, 0.5) is 0 Å². The predicted molar refractivity (Wildman–Crippen MR) is 114 cm³/mol. The first kappa shape index (κ1) is 19.3. The van der Waals surface area contributed by atoms with Gasteiger partial charge in [-0.1, -0.05) is 58.4 Å². The Labute approximate surface area is 177 Å². The fraction of sp³-hybridized carbons (Fsp3) is 0.273. The number of nitrogens with zero attached hydrogens (tertiary/aromatic N) is 2. The molecule has 2 heterocycles. The number of morpholine rings is 1. The lowest BCUT2D eigenvalue weighted by Gasteiger charge is -2.33. The molecular weight excluding hydrogens is 436 g/mol. The quantitative estimate of drug-likeness (QED) is 0.561. The molecule has 1 unspecified atom stereocenters. The number of ether oxygens (including phenoxy) is 1. The van der Waals surface area contributed by atoms with Crippen LogP contribution in [-0.2, 0) is 22.4 Å². The average Bonchev–Trinajstić information content (AvgIpc) is 3.16. The van der Waals surface area contributed by atoms with Crippen LogP contribution in [0.25, 0.3) is 0 Å². The molecule has 4 nitrogen and oxygen atoms in total. The summed E-state index contributed by atoms with van der Waals surface area (Å²) in [5.74, 6) is 0.113. The number of halogens is 1. The maximum Gasteiger partial charge on any atom is 0.228 e. The lowest BCUT2D eigenvalue weighted by molar-refractivity contribution is -0.138. The first-order valence-electron chi connectivity index (χ1n) is 9.29. The number of aromatic nitrogens is 1. The summed E-state index contributed by atoms with van der Waals surface area (Å²) in [5.41, 5.74) is 3.19. The van der Waals surface area contributed by atoms with E-state index in [1.807, 2.05) is 52.7 Å². The van der Waals surface area contributed by atoms with Gasteiger partial charge in [0, 0.05) is 22.8 Å². The molecule has 1 aliphatic rings. The van der Waals surface area contributed by atoms with Crippen molar-refractivity contribution in [1.29, 1.82) is 0 Å². The number of hydrogen-bond donors (Lipinski definition) is 0. The summed E-state index contributed by atoms with van der Waals surface area (Å²) in [4.78, 5) is 19.4. The molecule has 144 valence electrons. The van der Waals surface area contributed by atoms with Gasteiger partial charge in [0.05, 0.1) is 30.3 Å². The molecule has 0 radical (unpaired) electrons. The maximum atomic E-state index is 12.8. The van der Waals surface area contributed by atoms with Crippen LogP contribution in [0, 0.1) is 0 Å². The molecule has 1 fully saturated rings. The Morgan fingerprint density at radius 2 is 1.96 bits per heavy atom. The van der Waals surface area contributed by atoms with E-state index in [1.54, 1.807) is 11.3 Å². The van der Waals surface area contributed by atoms with Crippen molar-refractivity contribution in [1.82, 2.24) is 9.88 Å². The molecule has 0 saturated carbocycles. The van der Waals surface area contributed by atoms with Gasteiger partial charge in [-0.25, -0.2) is 4.98 Å². The molecule has 6 heteroatoms. The fourth-order valence-electron chi connectivity index (χ4n) is 3.30. The highest BCUT2D eigenvalue weighted by Gasteiger charge is 2.25. The zero-order valence-corrected chi connectivity index (χ0v) is 17.8. The van der Waals surface area contributed by atoms with Crippen molar-refractivity contribution in [3.05, 3.63) is 86.3 Å². The van der Waals surface area contributed by atoms with Crippen molar-refractivity contribution in [3.63, 3.8) is 0 Å². The van der Waals surface area contributed by atoms with Gasteiger partial charge in [-0.2, -0.15) is 0 Å². The van der Waals surface area contributed by atoms with Gasteiger partial charge in [-0.05, 0) is 23.3 Å². The number of carbonyl (C=O) groups is 1. The fourth-order valence-corrected chi connectivity index (χ4v) is 4.40. The van der Waals surface area contributed by atoms with E-state index in [9.17, 15) is 4.79 Å². The lowest BCUT2D eigenvalue weighted by atomic mass is 10.1. The number of carbonyl (C=O) groups excluding carboxylic acids is 1. The minimum Gasteiger partial charge on any atom is -0.370 e. The number of thiazole rings is 1. The van der Waals surface area contributed by atoms with Crippen molar-refractivity contribution in [2.75, 3.05) is 19.7 Å². The van der Waals surface area contributed by atoms with E-state index < -0.39 is 0 Å². The number of hydrogen-bond acceptors (Lipinski definition) is 4. The Bertz CT molecular complexity index is 927. The standard InChI is InChI=1S/C22H21BrN2O2S/c23-18-8-6-17(7-9-18)20-14-25(10-11-27-20)22(26)13-19-15-28-21(24-19)12-16-4-2-1-3-5-16/h1-9,15,20H,10-14H2. The Hall–Kier alpha value is -2.02. The molecule has 1 amide bonds. The number of rotatable bonds is 5. The topological polar surface area (TPSA) is 42.4 Å². The molecule has 1 aliphatic heterocycles. The van der Waals surface area contributed by atoms with Crippen LogP contribution in [0.15, 0.2) is 64.5 Å². The van der Waals surface area contributed by atoms with Crippen LogP contribution < -0.4 is 0 Å². The highest BCUT2D eigenvalue weighted by Crippen LogP contribution is 2.24. The lowest BCUT2D eigenvalue weighted by Crippen LogP contribution is -2.43. The van der Waals surface area contributed by atoms with Crippen molar-refractivity contribution in [2.45, 2.75) is 18.9 Å². The van der Waals surface area contributed by atoms with E-state index in [0.717, 1.165) is 27.2 Å². The van der Waals surface area contributed by atoms with Crippen molar-refractivity contribution in [2.24, 2.45) is 0 Å². The Balaban J connectivity index is 1.36. The summed E-state index contributed by atoms with van der Waals surface area (Å²) in [5, 5.41) is 3.05. The molecule has 1 atom stereocenters. The highest BCUT2D eigenvalue weighted by molar-refractivity contribution is 9.10. The summed E-state index contributed by atoms with van der Waals surface area (Å²) in [6.07, 6.45) is 1.08. The van der Waals surface area contributed by atoms with Crippen LogP contribution in [0.1, 0.15) is 27.9 Å². The second-order valence-electron chi connectivity index (χ2n) is 6.82. The first-order chi connectivity index (χ1) is 13.7. The molecule has 3 aromatic rings. The summed E-state index contributed by atoms with van der Waals surface area (Å²) in [7, 11) is 0. The van der Waals surface area contributed by atoms with E-state index in [2.05, 4.69) is 33.0 Å². The van der Waals surface area contributed by atoms with Gasteiger partial charge in [0.2, 0.25) is 5.91 Å². The minimum absolute atomic E-state index is 0.0742. The Morgan fingerprint density at radius 3 is 2.75 bits per heavy atom. The molecule has 0 aliphatic carbocycles. The largest absolute Gasteiger partial charge is 0.370 e. The molecule has 0 N–H and O–H groups in total. The molecule has 2 aromatic carbocycles. The van der Waals surface area contributed by atoms with Crippen LogP contribution in [-0.4, -0.2) is 35.5 Å². The van der Waals surface area contributed by atoms with Crippen molar-refractivity contribution >= 4 is 33.2 Å². The second-order valence-corrected chi connectivity index (χ2v) is 8.68. The zero-order chi connectivity index (χ0) is 19.3. The molecule has 4 rings (SSSR count). The zero-order valence-electron chi connectivity index (χ0n) is 15.4. The number of benzene rings is 2. The summed E-state index contributed by atoms with van der Waals surface area (Å²) >= 11 is 5.07. The third-order valence-electron chi connectivity index (χ3n) is 4.79. The van der Waals surface area contributed by atoms with Gasteiger partial charge < -0.3 is 9.64 Å². The van der Waals surface area contributed by atoms with Crippen molar-refractivity contribution in [3.8, 4) is 0 Å². The van der Waals surface area contributed by atoms with Crippen LogP contribution in [0.3, 0.4) is 0 Å². The summed E-state index contributed by atoms with van der Waals surface area (Å²) < 4.78 is 6.92. The van der Waals surface area contributed by atoms with E-state index in [4.69, 9.17) is 4.74 Å². The maximum absolute atomic E-state index is 12.8. The molecule has 1 saturated heterocycles. The third kappa shape index (κ3) is 4.87. The smallest absolute Gasteiger partial charge is 0.228 e. The summed E-state index contributed by atoms with van der Waals surface area (Å²) in [6, 6.07) is 18.4. The highest BCUT2D eigenvalue weighted by atomic mass is 79.9. The normalized spacial score (nSPS) is 16.9. The Morgan fingerprint density at radius 1 is 1.18 bits per heavy atom. The van der Waals surface area contributed by atoms with E-state index >= 15 is 0 Å². The van der Waals surface area contributed by atoms with Crippen LogP contribution in [0.5, 0.6) is 0 Å². The monoisotopic (exact) mass is 456 g/mol. The van der Waals surface area contributed by atoms with E-state index in [0.29, 0.717) is 26.1 Å². The molecule has 28 heavy (non-hydrogen) atoms. The van der Waals surface area contributed by atoms with Gasteiger partial charge in [0.25, 0.3) is 0 Å². The Kier molecular flexibility index (Phi) is 6.20.